The summed E-state index contributed by atoms with van der Waals surface area (Å²) in [5.41, 5.74) is 20.7. The topological polar surface area (TPSA) is 3.24 Å². The molecule has 0 N–H and O–H groups in total. The lowest BCUT2D eigenvalue weighted by atomic mass is 9.61. The van der Waals surface area contributed by atoms with Gasteiger partial charge in [0.1, 0.15) is 0 Å². The largest absolute Gasteiger partial charge is 0.310 e. The zero-order valence-corrected chi connectivity index (χ0v) is 37.2. The summed E-state index contributed by atoms with van der Waals surface area (Å²) in [6.45, 7) is 9.81. The molecule has 0 amide bonds. The Bertz CT molecular complexity index is 3030. The van der Waals surface area contributed by atoms with Gasteiger partial charge in [-0.05, 0) is 138 Å². The van der Waals surface area contributed by atoms with E-state index >= 15 is 0 Å². The van der Waals surface area contributed by atoms with E-state index in [1.807, 2.05) is 0 Å². The maximum Gasteiger partial charge on any atom is 0.0714 e. The van der Waals surface area contributed by atoms with Crippen LogP contribution in [0.4, 0.5) is 17.1 Å². The van der Waals surface area contributed by atoms with Crippen molar-refractivity contribution in [1.82, 2.24) is 0 Å². The van der Waals surface area contributed by atoms with Gasteiger partial charge in [-0.1, -0.05) is 210 Å². The van der Waals surface area contributed by atoms with E-state index in [-0.39, 0.29) is 10.8 Å². The zero-order valence-electron chi connectivity index (χ0n) is 37.2. The minimum atomic E-state index is -0.567. The van der Waals surface area contributed by atoms with Gasteiger partial charge in [-0.25, -0.2) is 0 Å². The van der Waals surface area contributed by atoms with Crippen LogP contribution in [0, 0.1) is 0 Å². The van der Waals surface area contributed by atoms with Crippen molar-refractivity contribution >= 4 is 17.1 Å². The molecule has 1 heteroatoms. The molecule has 2 aliphatic carbocycles. The monoisotopic (exact) mass is 823 g/mol. The molecule has 0 saturated carbocycles. The molecule has 1 nitrogen and oxygen atoms in total. The summed E-state index contributed by atoms with van der Waals surface area (Å²) < 4.78 is 0. The lowest BCUT2D eigenvalue weighted by Crippen LogP contribution is -2.34. The van der Waals surface area contributed by atoms with Crippen LogP contribution in [0.1, 0.15) is 73.9 Å². The molecule has 0 atom stereocenters. The minimum absolute atomic E-state index is 0.0290. The number of nitrogens with zero attached hydrogens (tertiary/aromatic N) is 1. The Morgan fingerprint density at radius 1 is 0.328 bits per heavy atom. The number of para-hydroxylation sites is 1. The fraction of sp³-hybridized carbons (Fsp3) is 0.143. The molecule has 64 heavy (non-hydrogen) atoms. The lowest BCUT2D eigenvalue weighted by molar-refractivity contribution is 0.333. The molecule has 9 aromatic carbocycles. The molecule has 0 spiro atoms. The Labute approximate surface area is 379 Å². The van der Waals surface area contributed by atoms with Gasteiger partial charge in [0.15, 0.2) is 0 Å². The molecule has 2 aliphatic rings. The number of hydrogen-bond acceptors (Lipinski definition) is 1. The van der Waals surface area contributed by atoms with Crippen molar-refractivity contribution in [2.45, 2.75) is 56.8 Å². The van der Waals surface area contributed by atoms with Gasteiger partial charge < -0.3 is 4.90 Å². The molecule has 0 unspecified atom stereocenters. The van der Waals surface area contributed by atoms with Crippen LogP contribution in [0.3, 0.4) is 0 Å². The molecular formula is C63H53N. The smallest absolute Gasteiger partial charge is 0.0714 e. The molecule has 0 heterocycles. The van der Waals surface area contributed by atoms with Gasteiger partial charge in [0.2, 0.25) is 0 Å². The molecule has 9 aromatic rings. The fourth-order valence-corrected chi connectivity index (χ4v) is 11.2. The van der Waals surface area contributed by atoms with Crippen molar-refractivity contribution in [2.75, 3.05) is 4.90 Å². The van der Waals surface area contributed by atoms with Crippen LogP contribution in [0.15, 0.2) is 224 Å². The van der Waals surface area contributed by atoms with E-state index in [0.29, 0.717) is 0 Å². The number of anilines is 3. The van der Waals surface area contributed by atoms with E-state index in [9.17, 15) is 0 Å². The van der Waals surface area contributed by atoms with Crippen LogP contribution in [-0.2, 0) is 16.2 Å². The van der Waals surface area contributed by atoms with E-state index in [0.717, 1.165) is 29.9 Å². The molecule has 0 aromatic heterocycles. The molecule has 0 bridgehead atoms. The van der Waals surface area contributed by atoms with Gasteiger partial charge >= 0.3 is 0 Å². The first kappa shape index (κ1) is 39.6. The van der Waals surface area contributed by atoms with Crippen molar-refractivity contribution in [2.24, 2.45) is 0 Å². The number of hydrogen-bond donors (Lipinski definition) is 0. The average Bonchev–Trinajstić information content (AvgIpc) is 3.64. The summed E-state index contributed by atoms with van der Waals surface area (Å²) in [6, 6.07) is 83.7. The van der Waals surface area contributed by atoms with Gasteiger partial charge in [-0.2, -0.15) is 0 Å². The molecule has 0 fully saturated rings. The molecular weight excluding hydrogens is 771 g/mol. The van der Waals surface area contributed by atoms with E-state index in [1.54, 1.807) is 0 Å². The summed E-state index contributed by atoms with van der Waals surface area (Å²) in [7, 11) is 0. The SMILES string of the molecule is CC1(C)CCC(C)(C)c2c(-c3cc4c(cc3N(c3ccccc3)c3cc(-c5ccccc5)cc(-c5ccccc5)c3)C(c3ccccc3)(c3ccccc3)c3ccccc3-4)cccc21. The standard InChI is InChI=1S/C63H53N/c1-61(2)37-38-62(3,4)60-53(34-22-36-57(60)61)55-42-54-52-33-20-21-35-56(52)63(48-27-14-7-15-28-48,49-29-16-8-17-30-49)58(54)43-59(55)64(50-31-18-9-19-32-50)51-40-46(44-23-10-5-11-24-44)39-47(41-51)45-25-12-6-13-26-45/h5-36,39-43H,37-38H2,1-4H3. The van der Waals surface area contributed by atoms with Gasteiger partial charge in [0.25, 0.3) is 0 Å². The highest BCUT2D eigenvalue weighted by Gasteiger charge is 2.47. The van der Waals surface area contributed by atoms with Gasteiger partial charge in [0.05, 0.1) is 11.1 Å². The lowest BCUT2D eigenvalue weighted by Gasteiger charge is -2.43. The quantitative estimate of drug-likeness (QED) is 0.148. The number of benzene rings is 9. The maximum atomic E-state index is 2.58. The molecule has 0 saturated heterocycles. The average molecular weight is 824 g/mol. The third kappa shape index (κ3) is 6.45. The highest BCUT2D eigenvalue weighted by molar-refractivity contribution is 5.98. The van der Waals surface area contributed by atoms with Crippen molar-refractivity contribution in [3.05, 3.63) is 258 Å². The fourth-order valence-electron chi connectivity index (χ4n) is 11.2. The first-order valence-corrected chi connectivity index (χ1v) is 22.9. The normalized spacial score (nSPS) is 15.1. The third-order valence-corrected chi connectivity index (χ3v) is 14.4. The molecule has 310 valence electrons. The first-order chi connectivity index (χ1) is 31.2. The van der Waals surface area contributed by atoms with Crippen molar-refractivity contribution in [1.29, 1.82) is 0 Å². The third-order valence-electron chi connectivity index (χ3n) is 14.4. The van der Waals surface area contributed by atoms with E-state index in [2.05, 4.69) is 257 Å². The first-order valence-electron chi connectivity index (χ1n) is 22.9. The summed E-state index contributed by atoms with van der Waals surface area (Å²) >= 11 is 0. The second-order valence-corrected chi connectivity index (χ2v) is 19.1. The van der Waals surface area contributed by atoms with E-state index < -0.39 is 5.41 Å². The van der Waals surface area contributed by atoms with Crippen molar-refractivity contribution in [3.8, 4) is 44.5 Å². The predicted molar refractivity (Wildman–Crippen MR) is 270 cm³/mol. The predicted octanol–water partition coefficient (Wildman–Crippen LogP) is 16.9. The maximum absolute atomic E-state index is 2.58. The number of fused-ring (bicyclic) bond motifs is 4. The van der Waals surface area contributed by atoms with Crippen LogP contribution < -0.4 is 4.90 Å². The summed E-state index contributed by atoms with van der Waals surface area (Å²) in [6.07, 6.45) is 2.28. The van der Waals surface area contributed by atoms with Gasteiger partial charge in [0, 0.05) is 16.9 Å². The van der Waals surface area contributed by atoms with Crippen LogP contribution in [0.5, 0.6) is 0 Å². The summed E-state index contributed by atoms with van der Waals surface area (Å²) in [5, 5.41) is 0. The van der Waals surface area contributed by atoms with E-state index in [4.69, 9.17) is 0 Å². The van der Waals surface area contributed by atoms with Gasteiger partial charge in [-0.3, -0.25) is 0 Å². The summed E-state index contributed by atoms with van der Waals surface area (Å²) in [5.74, 6) is 0. The van der Waals surface area contributed by atoms with E-state index in [1.165, 1.54) is 77.9 Å². The second kappa shape index (κ2) is 15.5. The Morgan fingerprint density at radius 3 is 1.41 bits per heavy atom. The van der Waals surface area contributed by atoms with Crippen molar-refractivity contribution in [3.63, 3.8) is 0 Å². The van der Waals surface area contributed by atoms with Crippen molar-refractivity contribution < 1.29 is 0 Å². The number of rotatable bonds is 8. The zero-order chi connectivity index (χ0) is 43.5. The second-order valence-electron chi connectivity index (χ2n) is 19.1. The Hall–Kier alpha value is -7.22. The van der Waals surface area contributed by atoms with Crippen LogP contribution in [0.25, 0.3) is 44.5 Å². The molecule has 11 rings (SSSR count). The highest BCUT2D eigenvalue weighted by atomic mass is 15.1. The Balaban J connectivity index is 1.31. The Morgan fingerprint density at radius 2 is 0.812 bits per heavy atom. The minimum Gasteiger partial charge on any atom is -0.310 e. The summed E-state index contributed by atoms with van der Waals surface area (Å²) in [4.78, 5) is 2.55. The van der Waals surface area contributed by atoms with Crippen LogP contribution >= 0.6 is 0 Å². The molecule has 0 radical (unpaired) electrons. The molecule has 0 aliphatic heterocycles. The highest BCUT2D eigenvalue weighted by Crippen LogP contribution is 2.60. The van der Waals surface area contributed by atoms with Crippen LogP contribution in [-0.4, -0.2) is 0 Å². The van der Waals surface area contributed by atoms with Crippen LogP contribution in [0.2, 0.25) is 0 Å². The van der Waals surface area contributed by atoms with Gasteiger partial charge in [-0.15, -0.1) is 0 Å². The Kier molecular flexibility index (Phi) is 9.62.